The molecule has 0 aromatic carbocycles. The second-order valence-corrected chi connectivity index (χ2v) is 15.1. The van der Waals surface area contributed by atoms with Crippen LogP contribution in [0.15, 0.2) is 29.0 Å². The Morgan fingerprint density at radius 2 is 2.00 bits per heavy atom. The van der Waals surface area contributed by atoms with Crippen molar-refractivity contribution in [3.05, 3.63) is 57.4 Å². The van der Waals surface area contributed by atoms with E-state index in [0.717, 1.165) is 90.7 Å². The van der Waals surface area contributed by atoms with E-state index in [2.05, 4.69) is 53.4 Å². The summed E-state index contributed by atoms with van der Waals surface area (Å²) in [5.41, 5.74) is 17.7. The summed E-state index contributed by atoms with van der Waals surface area (Å²) in [6.45, 7) is 8.23. The fourth-order valence-electron chi connectivity index (χ4n) is 9.03. The molecule has 1 fully saturated rings. The summed E-state index contributed by atoms with van der Waals surface area (Å²) >= 11 is 1.55. The molecule has 13 heteroatoms. The van der Waals surface area contributed by atoms with Crippen LogP contribution in [0.3, 0.4) is 0 Å². The van der Waals surface area contributed by atoms with Gasteiger partial charge in [-0.2, -0.15) is 10.4 Å². The average molecular weight is 678 g/mol. The van der Waals surface area contributed by atoms with Crippen molar-refractivity contribution in [1.82, 2.24) is 34.8 Å². The molecule has 49 heavy (non-hydrogen) atoms. The Kier molecular flexibility index (Phi) is 7.83. The van der Waals surface area contributed by atoms with E-state index in [4.69, 9.17) is 36.2 Å². The monoisotopic (exact) mass is 677 g/mol. The Morgan fingerprint density at radius 1 is 1.18 bits per heavy atom. The third-order valence-electron chi connectivity index (χ3n) is 11.4. The van der Waals surface area contributed by atoms with Gasteiger partial charge in [0.1, 0.15) is 22.7 Å². The minimum absolute atomic E-state index is 0.100. The number of likely N-dealkylation sites (N-methyl/N-ethyl adjacent to an activating group) is 1. The van der Waals surface area contributed by atoms with Crippen LogP contribution in [0, 0.1) is 11.3 Å². The van der Waals surface area contributed by atoms with Gasteiger partial charge in [0.15, 0.2) is 5.65 Å². The lowest BCUT2D eigenvalue weighted by atomic mass is 9.62. The SMILES string of the molecule is CCN(c1nc(-c2onc3c2CCCC32CCCc3sc(N)c(C#N)c32)nc2c1cnn2C(C)C1CCCN1C)C(C)c1cccnc1N. The Labute approximate surface area is 290 Å². The quantitative estimate of drug-likeness (QED) is 0.202. The maximum Gasteiger partial charge on any atom is 0.207 e. The van der Waals surface area contributed by atoms with Gasteiger partial charge in [0, 0.05) is 40.2 Å². The van der Waals surface area contributed by atoms with E-state index in [1.807, 2.05) is 18.3 Å². The molecule has 4 atom stereocenters. The molecule has 1 spiro atoms. The smallest absolute Gasteiger partial charge is 0.207 e. The standard InChI is InChI=1S/C36H43N11OS/c1-5-46(20(2)22-11-8-16-40-31(22)38)34-25-19-41-47(21(3)26-12-9-17-45(26)4)35(25)43-33(42-34)29-23-10-6-14-36(30(23)44-48-29)15-7-13-27-28(36)24(18-37)32(39)49-27/h8,11,16,19-21,26H,5-7,9-10,12-15,17,39H2,1-4H3,(H2,38,40). The molecule has 5 aromatic heterocycles. The molecule has 0 amide bonds. The number of nitrogens with two attached hydrogens (primary N) is 2. The van der Waals surface area contributed by atoms with Crippen molar-refractivity contribution < 1.29 is 4.52 Å². The molecule has 254 valence electrons. The van der Waals surface area contributed by atoms with Crippen molar-refractivity contribution in [3.8, 4) is 17.7 Å². The van der Waals surface area contributed by atoms with Crippen LogP contribution < -0.4 is 16.4 Å². The predicted molar refractivity (Wildman–Crippen MR) is 191 cm³/mol. The molecular weight excluding hydrogens is 635 g/mol. The Bertz CT molecular complexity index is 2090. The molecule has 0 saturated carbocycles. The Hall–Kier alpha value is -4.54. The first-order valence-corrected chi connectivity index (χ1v) is 18.3. The molecule has 4 N–H and O–H groups in total. The second-order valence-electron chi connectivity index (χ2n) is 13.9. The summed E-state index contributed by atoms with van der Waals surface area (Å²) in [6, 6.07) is 6.70. The molecular formula is C36H43N11OS. The van der Waals surface area contributed by atoms with Gasteiger partial charge in [-0.3, -0.25) is 0 Å². The summed E-state index contributed by atoms with van der Waals surface area (Å²) < 4.78 is 8.40. The number of aromatic nitrogens is 6. The van der Waals surface area contributed by atoms with Crippen molar-refractivity contribution in [2.75, 3.05) is 36.5 Å². The van der Waals surface area contributed by atoms with E-state index < -0.39 is 5.41 Å². The zero-order valence-electron chi connectivity index (χ0n) is 28.6. The highest BCUT2D eigenvalue weighted by Gasteiger charge is 2.48. The van der Waals surface area contributed by atoms with Gasteiger partial charge >= 0.3 is 0 Å². The number of hydrogen-bond acceptors (Lipinski definition) is 12. The third-order valence-corrected chi connectivity index (χ3v) is 12.5. The molecule has 0 radical (unpaired) electrons. The van der Waals surface area contributed by atoms with Gasteiger partial charge in [-0.25, -0.2) is 19.6 Å². The maximum atomic E-state index is 10.2. The van der Waals surface area contributed by atoms with Gasteiger partial charge in [0.2, 0.25) is 11.6 Å². The summed E-state index contributed by atoms with van der Waals surface area (Å²) in [7, 11) is 2.19. The van der Waals surface area contributed by atoms with Crippen molar-refractivity contribution in [1.29, 1.82) is 5.26 Å². The number of rotatable bonds is 7. The lowest BCUT2D eigenvalue weighted by molar-refractivity contribution is 0.232. The van der Waals surface area contributed by atoms with Crippen LogP contribution in [-0.2, 0) is 18.3 Å². The Morgan fingerprint density at radius 3 is 2.73 bits per heavy atom. The van der Waals surface area contributed by atoms with Crippen molar-refractivity contribution in [2.45, 2.75) is 95.7 Å². The number of fused-ring (bicyclic) bond motifs is 5. The fraction of sp³-hybridized carbons (Fsp3) is 0.500. The average Bonchev–Trinajstić information content (AvgIpc) is 3.90. The highest BCUT2D eigenvalue weighted by Crippen LogP contribution is 2.55. The van der Waals surface area contributed by atoms with Gasteiger partial charge in [0.05, 0.1) is 34.9 Å². The van der Waals surface area contributed by atoms with Gasteiger partial charge in [-0.05, 0) is 97.4 Å². The van der Waals surface area contributed by atoms with Crippen LogP contribution in [0.25, 0.3) is 22.6 Å². The highest BCUT2D eigenvalue weighted by atomic mass is 32.1. The third kappa shape index (κ3) is 4.82. The first-order chi connectivity index (χ1) is 23.8. The lowest BCUT2D eigenvalue weighted by Gasteiger charge is -2.39. The van der Waals surface area contributed by atoms with Crippen LogP contribution in [0.2, 0.25) is 0 Å². The summed E-state index contributed by atoms with van der Waals surface area (Å²) in [6.07, 6.45) is 11.4. The van der Waals surface area contributed by atoms with Crippen molar-refractivity contribution >= 4 is 39.0 Å². The second kappa shape index (κ2) is 12.1. The van der Waals surface area contributed by atoms with E-state index >= 15 is 0 Å². The highest BCUT2D eigenvalue weighted by molar-refractivity contribution is 7.16. The van der Waals surface area contributed by atoms with Gasteiger partial charge in [-0.15, -0.1) is 11.3 Å². The fourth-order valence-corrected chi connectivity index (χ4v) is 10.2. The number of thiophene rings is 1. The van der Waals surface area contributed by atoms with E-state index in [-0.39, 0.29) is 12.1 Å². The first-order valence-electron chi connectivity index (χ1n) is 17.5. The number of pyridine rings is 1. The van der Waals surface area contributed by atoms with Crippen LogP contribution in [-0.4, -0.2) is 61.0 Å². The molecule has 5 aromatic rings. The van der Waals surface area contributed by atoms with E-state index in [9.17, 15) is 5.26 Å². The number of nitriles is 1. The van der Waals surface area contributed by atoms with E-state index in [1.54, 1.807) is 17.5 Å². The molecule has 6 heterocycles. The lowest BCUT2D eigenvalue weighted by Crippen LogP contribution is -2.36. The van der Waals surface area contributed by atoms with Gasteiger partial charge in [0.25, 0.3) is 0 Å². The molecule has 8 rings (SSSR count). The molecule has 1 aliphatic heterocycles. The molecule has 3 aliphatic rings. The zero-order valence-corrected chi connectivity index (χ0v) is 29.4. The van der Waals surface area contributed by atoms with Crippen LogP contribution in [0.5, 0.6) is 0 Å². The minimum Gasteiger partial charge on any atom is -0.389 e. The van der Waals surface area contributed by atoms with Crippen molar-refractivity contribution in [2.24, 2.45) is 0 Å². The molecule has 12 nitrogen and oxygen atoms in total. The number of hydrogen-bond donors (Lipinski definition) is 2. The number of aryl methyl sites for hydroxylation is 1. The van der Waals surface area contributed by atoms with E-state index in [1.165, 1.54) is 11.3 Å². The summed E-state index contributed by atoms with van der Waals surface area (Å²) in [5.74, 6) is 2.35. The number of anilines is 3. The largest absolute Gasteiger partial charge is 0.389 e. The summed E-state index contributed by atoms with van der Waals surface area (Å²) in [4.78, 5) is 20.8. The predicted octanol–water partition coefficient (Wildman–Crippen LogP) is 6.18. The van der Waals surface area contributed by atoms with Crippen LogP contribution >= 0.6 is 11.3 Å². The normalized spacial score (nSPS) is 21.8. The van der Waals surface area contributed by atoms with E-state index in [0.29, 0.717) is 40.6 Å². The number of nitrogens with zero attached hydrogens (tertiary/aromatic N) is 9. The van der Waals surface area contributed by atoms with Crippen molar-refractivity contribution in [3.63, 3.8) is 0 Å². The topological polar surface area (TPSA) is 165 Å². The van der Waals surface area contributed by atoms with Crippen LogP contribution in [0.1, 0.15) is 104 Å². The van der Waals surface area contributed by atoms with Gasteiger partial charge < -0.3 is 25.8 Å². The van der Waals surface area contributed by atoms with Crippen LogP contribution in [0.4, 0.5) is 16.6 Å². The molecule has 2 aliphatic carbocycles. The number of nitrogen functional groups attached to an aromatic ring is 2. The maximum absolute atomic E-state index is 10.2. The minimum atomic E-state index is -0.403. The molecule has 1 saturated heterocycles. The summed E-state index contributed by atoms with van der Waals surface area (Å²) in [5, 5.41) is 21.4. The zero-order chi connectivity index (χ0) is 34.0. The first kappa shape index (κ1) is 31.7. The molecule has 4 unspecified atom stereocenters. The number of likely N-dealkylation sites (tertiary alicyclic amines) is 1. The molecule has 0 bridgehead atoms. The van der Waals surface area contributed by atoms with Gasteiger partial charge in [-0.1, -0.05) is 11.2 Å². The Balaban J connectivity index is 1.31.